The first-order valence-electron chi connectivity index (χ1n) is 9.92. The fourth-order valence-electron chi connectivity index (χ4n) is 3.12. The molecule has 0 saturated heterocycles. The molecule has 0 heterocycles. The molecule has 0 aliphatic heterocycles. The molecule has 1 aliphatic carbocycles. The lowest BCUT2D eigenvalue weighted by Crippen LogP contribution is -2.14. The molecule has 0 aromatic heterocycles. The first-order valence-corrected chi connectivity index (χ1v) is 11.5. The summed E-state index contributed by atoms with van der Waals surface area (Å²) in [6.07, 6.45) is 6.20. The van der Waals surface area contributed by atoms with Crippen LogP contribution in [-0.4, -0.2) is 19.9 Å². The van der Waals surface area contributed by atoms with Gasteiger partial charge in [-0.1, -0.05) is 0 Å². The average molecular weight is 460 g/mol. The summed E-state index contributed by atoms with van der Waals surface area (Å²) in [6.45, 7) is 0. The Bertz CT molecular complexity index is 1370. The van der Waals surface area contributed by atoms with E-state index in [0.29, 0.717) is 34.1 Å². The Kier molecular flexibility index (Phi) is 6.07. The predicted octanol–water partition coefficient (Wildman–Crippen LogP) is 4.17. The van der Waals surface area contributed by atoms with Crippen molar-refractivity contribution in [2.24, 2.45) is 10.1 Å². The third kappa shape index (κ3) is 5.73. The summed E-state index contributed by atoms with van der Waals surface area (Å²) in [5.74, 6) is -0.0751. The van der Waals surface area contributed by atoms with Gasteiger partial charge in [-0.15, -0.1) is 0 Å². The maximum Gasteiger partial charge on any atom is 0.240 e. The van der Waals surface area contributed by atoms with Crippen molar-refractivity contribution in [1.29, 1.82) is 0 Å². The number of nitrogens with one attached hydrogen (secondary N) is 2. The van der Waals surface area contributed by atoms with Crippen molar-refractivity contribution >= 4 is 55.6 Å². The number of nitrogen functional groups attached to an aromatic ring is 1. The minimum atomic E-state index is -3.99. The van der Waals surface area contributed by atoms with Gasteiger partial charge in [-0.2, -0.15) is 0 Å². The van der Waals surface area contributed by atoms with E-state index >= 15 is 0 Å². The third-order valence-electron chi connectivity index (χ3n) is 4.73. The number of ketones is 1. The van der Waals surface area contributed by atoms with E-state index in [9.17, 15) is 13.2 Å². The highest BCUT2D eigenvalue weighted by Crippen LogP contribution is 2.30. The number of hydrogen-bond acceptors (Lipinski definition) is 7. The molecule has 0 unspecified atom stereocenters. The van der Waals surface area contributed by atoms with E-state index < -0.39 is 10.0 Å². The normalized spacial score (nSPS) is 13.1. The van der Waals surface area contributed by atoms with E-state index in [-0.39, 0.29) is 10.7 Å². The van der Waals surface area contributed by atoms with Crippen molar-refractivity contribution in [2.45, 2.75) is 4.90 Å². The molecule has 0 atom stereocenters. The van der Waals surface area contributed by atoms with Crippen LogP contribution in [0.15, 0.2) is 101 Å². The molecule has 33 heavy (non-hydrogen) atoms. The number of carbonyl (C=O) groups is 1. The summed E-state index contributed by atoms with van der Waals surface area (Å²) in [7, 11) is -3.99. The van der Waals surface area contributed by atoms with Crippen LogP contribution in [0.1, 0.15) is 0 Å². The number of sulfonamides is 1. The molecule has 0 spiro atoms. The molecule has 8 nitrogen and oxygen atoms in total. The van der Waals surface area contributed by atoms with Gasteiger partial charge >= 0.3 is 0 Å². The largest absolute Gasteiger partial charge is 0.399 e. The van der Waals surface area contributed by atoms with Gasteiger partial charge in [0.2, 0.25) is 10.0 Å². The van der Waals surface area contributed by atoms with Gasteiger partial charge in [0.1, 0.15) is 4.90 Å². The van der Waals surface area contributed by atoms with E-state index in [1.54, 1.807) is 72.8 Å². The lowest BCUT2D eigenvalue weighted by Gasteiger charge is -2.14. The number of benzene rings is 3. The SMILES string of the molecule is Nc1ccc(Nc2ccc(Nc3ccc(N=C4C=CC(=O)C=C4)cc3)c(S(N)(=O)=O)c2)cc1. The monoisotopic (exact) mass is 459 g/mol. The van der Waals surface area contributed by atoms with E-state index in [4.69, 9.17) is 10.9 Å². The van der Waals surface area contributed by atoms with Crippen LogP contribution in [0, 0.1) is 0 Å². The predicted molar refractivity (Wildman–Crippen MR) is 132 cm³/mol. The number of hydrogen-bond donors (Lipinski definition) is 4. The van der Waals surface area contributed by atoms with Gasteiger partial charge in [-0.3, -0.25) is 4.79 Å². The minimum Gasteiger partial charge on any atom is -0.399 e. The smallest absolute Gasteiger partial charge is 0.240 e. The molecule has 0 saturated carbocycles. The number of aliphatic imine (C=N–C) groups is 1. The molecule has 1 aliphatic rings. The minimum absolute atomic E-state index is 0.0468. The Morgan fingerprint density at radius 2 is 1.30 bits per heavy atom. The number of nitrogens with two attached hydrogens (primary N) is 2. The second kappa shape index (κ2) is 9.11. The van der Waals surface area contributed by atoms with E-state index in [1.807, 2.05) is 0 Å². The van der Waals surface area contributed by atoms with E-state index in [1.165, 1.54) is 18.2 Å². The van der Waals surface area contributed by atoms with Crippen LogP contribution in [0.5, 0.6) is 0 Å². The Hall–Kier alpha value is -4.21. The van der Waals surface area contributed by atoms with Crippen molar-refractivity contribution in [3.8, 4) is 0 Å². The molecular weight excluding hydrogens is 438 g/mol. The molecule has 3 aromatic carbocycles. The summed E-state index contributed by atoms with van der Waals surface area (Å²) in [5, 5.41) is 11.7. The number of rotatable bonds is 6. The molecule has 0 fully saturated rings. The number of nitrogens with zero attached hydrogens (tertiary/aromatic N) is 1. The maximum atomic E-state index is 12.2. The van der Waals surface area contributed by atoms with Gasteiger partial charge in [0.15, 0.2) is 5.78 Å². The second-order valence-corrected chi connectivity index (χ2v) is 8.81. The molecule has 9 heteroatoms. The van der Waals surface area contributed by atoms with Crippen molar-refractivity contribution in [3.63, 3.8) is 0 Å². The standard InChI is InChI=1S/C24H21N5O3S/c25-16-1-3-17(4-2-16)28-21-11-14-23(24(15-21)33(26,31)32)29-20-7-5-18(6-8-20)27-19-9-12-22(30)13-10-19/h1-15,28-29H,25H2,(H2,26,31,32). The van der Waals surface area contributed by atoms with E-state index in [0.717, 1.165) is 5.69 Å². The lowest BCUT2D eigenvalue weighted by molar-refractivity contribution is -0.110. The summed E-state index contributed by atoms with van der Waals surface area (Å²) >= 11 is 0. The topological polar surface area (TPSA) is 140 Å². The molecule has 3 aromatic rings. The number of carbonyl (C=O) groups excluding carboxylic acids is 1. The van der Waals surface area contributed by atoms with Crippen LogP contribution in [0.25, 0.3) is 0 Å². The first kappa shape index (κ1) is 22.0. The van der Waals surface area contributed by atoms with Crippen molar-refractivity contribution in [2.75, 3.05) is 16.4 Å². The highest BCUT2D eigenvalue weighted by atomic mass is 32.2. The van der Waals surface area contributed by atoms with Crippen LogP contribution in [0.4, 0.5) is 34.1 Å². The van der Waals surface area contributed by atoms with Gasteiger partial charge in [0.05, 0.1) is 17.1 Å². The fourth-order valence-corrected chi connectivity index (χ4v) is 3.83. The van der Waals surface area contributed by atoms with Crippen LogP contribution in [-0.2, 0) is 14.8 Å². The van der Waals surface area contributed by atoms with Gasteiger partial charge < -0.3 is 16.4 Å². The average Bonchev–Trinajstić information content (AvgIpc) is 2.78. The summed E-state index contributed by atoms with van der Waals surface area (Å²) in [5.41, 5.74) is 10.0. The van der Waals surface area contributed by atoms with Crippen LogP contribution >= 0.6 is 0 Å². The highest BCUT2D eigenvalue weighted by Gasteiger charge is 2.15. The van der Waals surface area contributed by atoms with Crippen LogP contribution in [0.3, 0.4) is 0 Å². The Morgan fingerprint density at radius 1 is 0.727 bits per heavy atom. The zero-order valence-corrected chi connectivity index (χ0v) is 18.2. The van der Waals surface area contributed by atoms with E-state index in [2.05, 4.69) is 15.6 Å². The molecule has 166 valence electrons. The molecule has 0 amide bonds. The zero-order valence-electron chi connectivity index (χ0n) is 17.4. The Balaban J connectivity index is 1.55. The molecule has 6 N–H and O–H groups in total. The molecular formula is C24H21N5O3S. The van der Waals surface area contributed by atoms with Crippen LogP contribution < -0.4 is 21.5 Å². The highest BCUT2D eigenvalue weighted by molar-refractivity contribution is 7.89. The van der Waals surface area contributed by atoms with Gasteiger partial charge in [-0.05, 0) is 91.0 Å². The summed E-state index contributed by atoms with van der Waals surface area (Å²) < 4.78 is 24.5. The maximum absolute atomic E-state index is 12.2. The van der Waals surface area contributed by atoms with Gasteiger partial charge in [-0.25, -0.2) is 18.5 Å². The van der Waals surface area contributed by atoms with Gasteiger partial charge in [0.25, 0.3) is 0 Å². The van der Waals surface area contributed by atoms with Crippen molar-refractivity contribution in [1.82, 2.24) is 0 Å². The number of anilines is 5. The third-order valence-corrected chi connectivity index (χ3v) is 5.68. The van der Waals surface area contributed by atoms with Crippen LogP contribution in [0.2, 0.25) is 0 Å². The Labute approximate surface area is 191 Å². The fraction of sp³-hybridized carbons (Fsp3) is 0. The number of primary sulfonamides is 1. The number of allylic oxidation sites excluding steroid dienone is 4. The first-order chi connectivity index (χ1) is 15.8. The zero-order chi connectivity index (χ0) is 23.4. The summed E-state index contributed by atoms with van der Waals surface area (Å²) in [4.78, 5) is 15.6. The van der Waals surface area contributed by atoms with Crippen molar-refractivity contribution in [3.05, 3.63) is 91.0 Å². The molecule has 0 bridgehead atoms. The molecule has 0 radical (unpaired) electrons. The summed E-state index contributed by atoms with van der Waals surface area (Å²) in [6, 6.07) is 19.0. The van der Waals surface area contributed by atoms with Crippen molar-refractivity contribution < 1.29 is 13.2 Å². The quantitative estimate of drug-likeness (QED) is 0.322. The van der Waals surface area contributed by atoms with Gasteiger partial charge in [0, 0.05) is 22.7 Å². The Morgan fingerprint density at radius 3 is 1.94 bits per heavy atom. The molecule has 4 rings (SSSR count). The second-order valence-electron chi connectivity index (χ2n) is 7.28. The lowest BCUT2D eigenvalue weighted by atomic mass is 10.1.